The lowest BCUT2D eigenvalue weighted by Crippen LogP contribution is -2.28. The second-order valence-corrected chi connectivity index (χ2v) is 3.90. The van der Waals surface area contributed by atoms with Crippen molar-refractivity contribution in [1.82, 2.24) is 0 Å². The van der Waals surface area contributed by atoms with Crippen molar-refractivity contribution in [2.45, 2.75) is 46.0 Å². The normalized spacial score (nSPS) is 35.5. The van der Waals surface area contributed by atoms with E-state index in [-0.39, 0.29) is 12.0 Å². The summed E-state index contributed by atoms with van der Waals surface area (Å²) in [6.07, 6.45) is 0.441. The third-order valence-electron chi connectivity index (χ3n) is 2.50. The first-order chi connectivity index (χ1) is 5.04. The Balaban J connectivity index is 2.35. The maximum Gasteiger partial charge on any atom is 0.0889 e. The van der Waals surface area contributed by atoms with Gasteiger partial charge in [0.2, 0.25) is 0 Å². The van der Waals surface area contributed by atoms with Gasteiger partial charge in [0, 0.05) is 5.92 Å². The smallest absolute Gasteiger partial charge is 0.0889 e. The molecule has 1 heterocycles. The van der Waals surface area contributed by atoms with Crippen LogP contribution in [0.25, 0.3) is 0 Å². The first kappa shape index (κ1) is 9.01. The number of aliphatic hydroxyl groups excluding tert-OH is 1. The van der Waals surface area contributed by atoms with E-state index in [9.17, 15) is 5.11 Å². The van der Waals surface area contributed by atoms with Crippen molar-refractivity contribution < 1.29 is 9.84 Å². The second kappa shape index (κ2) is 3.11. The number of ether oxygens (including phenoxy) is 1. The summed E-state index contributed by atoms with van der Waals surface area (Å²) in [5, 5.41) is 9.64. The number of hydrogen-bond donors (Lipinski definition) is 1. The van der Waals surface area contributed by atoms with Gasteiger partial charge in [-0.1, -0.05) is 20.8 Å². The van der Waals surface area contributed by atoms with Gasteiger partial charge >= 0.3 is 0 Å². The Morgan fingerprint density at radius 1 is 1.27 bits per heavy atom. The second-order valence-electron chi connectivity index (χ2n) is 3.90. The van der Waals surface area contributed by atoms with Crippen LogP contribution in [0.4, 0.5) is 0 Å². The summed E-state index contributed by atoms with van der Waals surface area (Å²) in [6, 6.07) is 0. The van der Waals surface area contributed by atoms with Gasteiger partial charge in [0.05, 0.1) is 18.3 Å². The van der Waals surface area contributed by atoms with Crippen molar-refractivity contribution in [3.05, 3.63) is 0 Å². The quantitative estimate of drug-likeness (QED) is 0.630. The summed E-state index contributed by atoms with van der Waals surface area (Å²) >= 11 is 0. The molecular weight excluding hydrogens is 140 g/mol. The molecule has 0 aromatic heterocycles. The maximum atomic E-state index is 9.64. The lowest BCUT2D eigenvalue weighted by atomic mass is 9.91. The van der Waals surface area contributed by atoms with E-state index in [1.54, 1.807) is 0 Å². The SMILES string of the molecule is CC(C)[C@@H](O)[C@H](C)[C@@H]1O[C@@H]1C. The van der Waals surface area contributed by atoms with Gasteiger partial charge < -0.3 is 9.84 Å². The Morgan fingerprint density at radius 2 is 1.73 bits per heavy atom. The van der Waals surface area contributed by atoms with Gasteiger partial charge in [-0.15, -0.1) is 0 Å². The first-order valence-corrected chi connectivity index (χ1v) is 4.37. The van der Waals surface area contributed by atoms with Gasteiger partial charge in [0.25, 0.3) is 0 Å². The molecule has 4 atom stereocenters. The first-order valence-electron chi connectivity index (χ1n) is 4.37. The molecule has 0 bridgehead atoms. The Hall–Kier alpha value is -0.0800. The van der Waals surface area contributed by atoms with Gasteiger partial charge in [-0.3, -0.25) is 0 Å². The highest BCUT2D eigenvalue weighted by atomic mass is 16.6. The molecule has 1 aliphatic rings. The van der Waals surface area contributed by atoms with E-state index in [0.29, 0.717) is 18.1 Å². The van der Waals surface area contributed by atoms with E-state index in [1.165, 1.54) is 0 Å². The molecule has 1 N–H and O–H groups in total. The summed E-state index contributed by atoms with van der Waals surface area (Å²) in [4.78, 5) is 0. The van der Waals surface area contributed by atoms with E-state index in [0.717, 1.165) is 0 Å². The number of epoxide rings is 1. The summed E-state index contributed by atoms with van der Waals surface area (Å²) < 4.78 is 5.29. The predicted octanol–water partition coefficient (Wildman–Crippen LogP) is 1.43. The molecule has 1 rings (SSSR count). The molecular formula is C9H18O2. The standard InChI is InChI=1S/C9H18O2/c1-5(2)8(10)6(3)9-7(4)11-9/h5-10H,1-4H3/t6-,7+,8+,9-/m0/s1. The minimum absolute atomic E-state index is 0.218. The third kappa shape index (κ3) is 1.94. The molecule has 0 radical (unpaired) electrons. The molecule has 66 valence electrons. The molecule has 2 nitrogen and oxygen atoms in total. The van der Waals surface area contributed by atoms with Crippen LogP contribution in [0.5, 0.6) is 0 Å². The van der Waals surface area contributed by atoms with E-state index >= 15 is 0 Å². The molecule has 0 unspecified atom stereocenters. The van der Waals surface area contributed by atoms with Gasteiger partial charge in [-0.2, -0.15) is 0 Å². The third-order valence-corrected chi connectivity index (χ3v) is 2.50. The number of hydrogen-bond acceptors (Lipinski definition) is 2. The van der Waals surface area contributed by atoms with Crippen LogP contribution in [-0.2, 0) is 4.74 Å². The van der Waals surface area contributed by atoms with Crippen molar-refractivity contribution in [1.29, 1.82) is 0 Å². The average molecular weight is 158 g/mol. The molecule has 2 heteroatoms. The minimum Gasteiger partial charge on any atom is -0.392 e. The van der Waals surface area contributed by atoms with Crippen LogP contribution in [-0.4, -0.2) is 23.4 Å². The van der Waals surface area contributed by atoms with Crippen molar-refractivity contribution >= 4 is 0 Å². The van der Waals surface area contributed by atoms with E-state index in [2.05, 4.69) is 6.92 Å². The summed E-state index contributed by atoms with van der Waals surface area (Å²) in [7, 11) is 0. The van der Waals surface area contributed by atoms with Crippen LogP contribution < -0.4 is 0 Å². The molecule has 11 heavy (non-hydrogen) atoms. The van der Waals surface area contributed by atoms with Gasteiger partial charge in [-0.25, -0.2) is 0 Å². The van der Waals surface area contributed by atoms with Crippen LogP contribution in [0.15, 0.2) is 0 Å². The Labute approximate surface area is 68.6 Å². The molecule has 0 saturated carbocycles. The van der Waals surface area contributed by atoms with Crippen LogP contribution in [0.2, 0.25) is 0 Å². The highest BCUT2D eigenvalue weighted by Crippen LogP contribution is 2.32. The average Bonchev–Trinajstić information content (AvgIpc) is 2.63. The Morgan fingerprint density at radius 3 is 2.00 bits per heavy atom. The Kier molecular flexibility index (Phi) is 2.55. The predicted molar refractivity (Wildman–Crippen MR) is 44.3 cm³/mol. The molecule has 1 aliphatic heterocycles. The molecule has 0 spiro atoms. The molecule has 1 fully saturated rings. The number of rotatable bonds is 3. The highest BCUT2D eigenvalue weighted by molar-refractivity contribution is 4.89. The fourth-order valence-electron chi connectivity index (χ4n) is 1.56. The molecule has 0 aromatic carbocycles. The van der Waals surface area contributed by atoms with E-state index in [4.69, 9.17) is 4.74 Å². The zero-order valence-corrected chi connectivity index (χ0v) is 7.74. The van der Waals surface area contributed by atoms with Gasteiger partial charge in [0.1, 0.15) is 0 Å². The van der Waals surface area contributed by atoms with E-state index < -0.39 is 0 Å². The minimum atomic E-state index is -0.218. The molecule has 0 aliphatic carbocycles. The topological polar surface area (TPSA) is 32.8 Å². The van der Waals surface area contributed by atoms with Crippen LogP contribution >= 0.6 is 0 Å². The zero-order chi connectivity index (χ0) is 8.59. The Bertz CT molecular complexity index is 134. The lowest BCUT2D eigenvalue weighted by molar-refractivity contribution is 0.0587. The van der Waals surface area contributed by atoms with Crippen LogP contribution in [0.3, 0.4) is 0 Å². The van der Waals surface area contributed by atoms with Crippen LogP contribution in [0.1, 0.15) is 27.7 Å². The summed E-state index contributed by atoms with van der Waals surface area (Å²) in [6.45, 7) is 8.18. The molecule has 0 amide bonds. The summed E-state index contributed by atoms with van der Waals surface area (Å²) in [5.41, 5.74) is 0. The number of aliphatic hydroxyl groups is 1. The zero-order valence-electron chi connectivity index (χ0n) is 7.74. The van der Waals surface area contributed by atoms with Crippen molar-refractivity contribution in [3.8, 4) is 0 Å². The molecule has 0 aromatic rings. The fraction of sp³-hybridized carbons (Fsp3) is 1.00. The molecule has 1 saturated heterocycles. The van der Waals surface area contributed by atoms with Gasteiger partial charge in [-0.05, 0) is 12.8 Å². The van der Waals surface area contributed by atoms with Gasteiger partial charge in [0.15, 0.2) is 0 Å². The largest absolute Gasteiger partial charge is 0.392 e. The maximum absolute atomic E-state index is 9.64. The highest BCUT2D eigenvalue weighted by Gasteiger charge is 2.42. The van der Waals surface area contributed by atoms with Crippen molar-refractivity contribution in [3.63, 3.8) is 0 Å². The van der Waals surface area contributed by atoms with Crippen molar-refractivity contribution in [2.75, 3.05) is 0 Å². The fourth-order valence-corrected chi connectivity index (χ4v) is 1.56. The lowest BCUT2D eigenvalue weighted by Gasteiger charge is -2.20. The van der Waals surface area contributed by atoms with Crippen molar-refractivity contribution in [2.24, 2.45) is 11.8 Å². The van der Waals surface area contributed by atoms with Crippen LogP contribution in [0, 0.1) is 11.8 Å². The van der Waals surface area contributed by atoms with E-state index in [1.807, 2.05) is 20.8 Å². The summed E-state index contributed by atoms with van der Waals surface area (Å²) in [5.74, 6) is 0.617. The monoisotopic (exact) mass is 158 g/mol.